The van der Waals surface area contributed by atoms with E-state index in [1.165, 1.54) is 32.1 Å². The first kappa shape index (κ1) is 14.8. The summed E-state index contributed by atoms with van der Waals surface area (Å²) in [6.07, 6.45) is 10.1. The Labute approximate surface area is 128 Å². The van der Waals surface area contributed by atoms with Gasteiger partial charge in [-0.05, 0) is 68.5 Å². The van der Waals surface area contributed by atoms with Crippen LogP contribution in [0.25, 0.3) is 0 Å². The molecule has 1 N–H and O–H groups in total. The van der Waals surface area contributed by atoms with Gasteiger partial charge in [0, 0.05) is 6.20 Å². The zero-order valence-electron chi connectivity index (χ0n) is 13.3. The van der Waals surface area contributed by atoms with Crippen molar-refractivity contribution in [3.63, 3.8) is 0 Å². The van der Waals surface area contributed by atoms with Gasteiger partial charge in [0.25, 0.3) is 0 Å². The van der Waals surface area contributed by atoms with Crippen molar-refractivity contribution in [1.29, 1.82) is 0 Å². The van der Waals surface area contributed by atoms with Crippen LogP contribution in [-0.2, 0) is 0 Å². The number of hydrogen-bond acceptors (Lipinski definition) is 3. The Kier molecular flexibility index (Phi) is 4.79. The number of rotatable bonds is 7. The molecule has 4 unspecified atom stereocenters. The molecule has 0 amide bonds. The van der Waals surface area contributed by atoms with Crippen molar-refractivity contribution < 1.29 is 4.74 Å². The first-order chi connectivity index (χ1) is 10.3. The molecule has 2 aliphatic rings. The van der Waals surface area contributed by atoms with E-state index in [1.54, 1.807) is 7.11 Å². The van der Waals surface area contributed by atoms with Crippen LogP contribution in [0.3, 0.4) is 0 Å². The first-order valence-corrected chi connectivity index (χ1v) is 8.54. The minimum absolute atomic E-state index is 0.338. The Bertz CT molecular complexity index is 462. The third kappa shape index (κ3) is 3.23. The van der Waals surface area contributed by atoms with E-state index in [9.17, 15) is 0 Å². The standard InChI is InChI=1S/C18H28N2O/c1-3-8-19-16(18-17(21-2)5-4-9-20-18)12-15-11-13-6-7-14(15)10-13/h4-5,9,13-16,19H,3,6-8,10-12H2,1-2H3. The minimum atomic E-state index is 0.338. The Hall–Kier alpha value is -1.09. The van der Waals surface area contributed by atoms with Gasteiger partial charge in [-0.15, -0.1) is 0 Å². The summed E-state index contributed by atoms with van der Waals surface area (Å²) < 4.78 is 5.53. The molecule has 4 atom stereocenters. The molecule has 0 spiro atoms. The van der Waals surface area contributed by atoms with E-state index in [1.807, 2.05) is 18.3 Å². The van der Waals surface area contributed by atoms with Crippen molar-refractivity contribution >= 4 is 0 Å². The maximum Gasteiger partial charge on any atom is 0.141 e. The summed E-state index contributed by atoms with van der Waals surface area (Å²) in [5.41, 5.74) is 1.09. The highest BCUT2D eigenvalue weighted by molar-refractivity contribution is 5.29. The van der Waals surface area contributed by atoms with Crippen molar-refractivity contribution in [2.75, 3.05) is 13.7 Å². The average Bonchev–Trinajstić information content (AvgIpc) is 3.14. The van der Waals surface area contributed by atoms with Crippen LogP contribution in [0.4, 0.5) is 0 Å². The first-order valence-electron chi connectivity index (χ1n) is 8.54. The largest absolute Gasteiger partial charge is 0.495 e. The molecule has 0 aliphatic heterocycles. The van der Waals surface area contributed by atoms with Gasteiger partial charge >= 0.3 is 0 Å². The lowest BCUT2D eigenvalue weighted by Gasteiger charge is -2.28. The second kappa shape index (κ2) is 6.78. The summed E-state index contributed by atoms with van der Waals surface area (Å²) in [6.45, 7) is 3.27. The van der Waals surface area contributed by atoms with Gasteiger partial charge in [0.2, 0.25) is 0 Å². The Morgan fingerprint density at radius 2 is 2.29 bits per heavy atom. The van der Waals surface area contributed by atoms with Gasteiger partial charge in [0.15, 0.2) is 0 Å². The highest BCUT2D eigenvalue weighted by Gasteiger charge is 2.40. The Balaban J connectivity index is 1.74. The summed E-state index contributed by atoms with van der Waals surface area (Å²) in [5.74, 6) is 3.78. The summed E-state index contributed by atoms with van der Waals surface area (Å²) >= 11 is 0. The maximum absolute atomic E-state index is 5.53. The summed E-state index contributed by atoms with van der Waals surface area (Å²) in [7, 11) is 1.74. The lowest BCUT2D eigenvalue weighted by atomic mass is 9.83. The van der Waals surface area contributed by atoms with Crippen molar-refractivity contribution in [3.05, 3.63) is 24.0 Å². The molecule has 1 aromatic rings. The smallest absolute Gasteiger partial charge is 0.141 e. The number of nitrogens with one attached hydrogen (secondary N) is 1. The monoisotopic (exact) mass is 288 g/mol. The highest BCUT2D eigenvalue weighted by Crippen LogP contribution is 2.51. The van der Waals surface area contributed by atoms with Crippen LogP contribution in [0.1, 0.15) is 57.2 Å². The third-order valence-electron chi connectivity index (χ3n) is 5.41. The van der Waals surface area contributed by atoms with Gasteiger partial charge in [-0.1, -0.05) is 13.3 Å². The summed E-state index contributed by atoms with van der Waals surface area (Å²) in [5, 5.41) is 3.70. The van der Waals surface area contributed by atoms with Crippen LogP contribution in [0.15, 0.2) is 18.3 Å². The molecule has 3 rings (SSSR count). The molecule has 2 fully saturated rings. The second-order valence-electron chi connectivity index (χ2n) is 6.77. The molecule has 2 aliphatic carbocycles. The molecule has 1 heterocycles. The molecule has 3 heteroatoms. The molecule has 1 aromatic heterocycles. The Morgan fingerprint density at radius 1 is 1.38 bits per heavy atom. The molecule has 21 heavy (non-hydrogen) atoms. The molecular formula is C18H28N2O. The predicted molar refractivity (Wildman–Crippen MR) is 85.4 cm³/mol. The van der Waals surface area contributed by atoms with E-state index in [2.05, 4.69) is 17.2 Å². The Morgan fingerprint density at radius 3 is 2.95 bits per heavy atom. The molecule has 3 nitrogen and oxygen atoms in total. The number of aromatic nitrogens is 1. The van der Waals surface area contributed by atoms with E-state index < -0.39 is 0 Å². The number of pyridine rings is 1. The van der Waals surface area contributed by atoms with E-state index in [4.69, 9.17) is 4.74 Å². The zero-order valence-corrected chi connectivity index (χ0v) is 13.3. The molecule has 0 saturated heterocycles. The lowest BCUT2D eigenvalue weighted by molar-refractivity contribution is 0.273. The summed E-state index contributed by atoms with van der Waals surface area (Å²) in [4.78, 5) is 4.62. The fraction of sp³-hybridized carbons (Fsp3) is 0.722. The van der Waals surface area contributed by atoms with Crippen LogP contribution in [0.2, 0.25) is 0 Å². The van der Waals surface area contributed by atoms with E-state index in [-0.39, 0.29) is 0 Å². The van der Waals surface area contributed by atoms with Crippen LogP contribution in [0, 0.1) is 17.8 Å². The zero-order chi connectivity index (χ0) is 14.7. The van der Waals surface area contributed by atoms with Crippen LogP contribution < -0.4 is 10.1 Å². The van der Waals surface area contributed by atoms with Crippen molar-refractivity contribution in [3.8, 4) is 5.75 Å². The van der Waals surface area contributed by atoms with Crippen LogP contribution in [-0.4, -0.2) is 18.6 Å². The van der Waals surface area contributed by atoms with Crippen molar-refractivity contribution in [1.82, 2.24) is 10.3 Å². The lowest BCUT2D eigenvalue weighted by Crippen LogP contribution is -2.27. The molecule has 116 valence electrons. The second-order valence-corrected chi connectivity index (χ2v) is 6.77. The van der Waals surface area contributed by atoms with Gasteiger partial charge in [0.05, 0.1) is 18.8 Å². The van der Waals surface area contributed by atoms with Gasteiger partial charge in [-0.2, -0.15) is 0 Å². The van der Waals surface area contributed by atoms with Gasteiger partial charge < -0.3 is 10.1 Å². The number of methoxy groups -OCH3 is 1. The van der Waals surface area contributed by atoms with E-state index >= 15 is 0 Å². The molecule has 2 bridgehead atoms. The minimum Gasteiger partial charge on any atom is -0.495 e. The molecule has 0 radical (unpaired) electrons. The van der Waals surface area contributed by atoms with Gasteiger partial charge in [-0.25, -0.2) is 0 Å². The number of ether oxygens (including phenoxy) is 1. The summed E-state index contributed by atoms with van der Waals surface area (Å²) in [6, 6.07) is 4.32. The van der Waals surface area contributed by atoms with Crippen molar-refractivity contribution in [2.45, 2.75) is 51.5 Å². The normalized spacial score (nSPS) is 28.8. The van der Waals surface area contributed by atoms with Gasteiger partial charge in [-0.3, -0.25) is 4.98 Å². The maximum atomic E-state index is 5.53. The average molecular weight is 288 g/mol. The SMILES string of the molecule is CCCNC(CC1CC2CCC1C2)c1ncccc1OC. The van der Waals surface area contributed by atoms with E-state index in [0.717, 1.165) is 42.2 Å². The van der Waals surface area contributed by atoms with Crippen molar-refractivity contribution in [2.24, 2.45) is 17.8 Å². The van der Waals surface area contributed by atoms with Crippen LogP contribution >= 0.6 is 0 Å². The topological polar surface area (TPSA) is 34.2 Å². The fourth-order valence-electron chi connectivity index (χ4n) is 4.42. The third-order valence-corrected chi connectivity index (χ3v) is 5.41. The fourth-order valence-corrected chi connectivity index (χ4v) is 4.42. The van der Waals surface area contributed by atoms with Gasteiger partial charge in [0.1, 0.15) is 5.75 Å². The number of nitrogens with zero attached hydrogens (tertiary/aromatic N) is 1. The molecule has 0 aromatic carbocycles. The molecular weight excluding hydrogens is 260 g/mol. The predicted octanol–water partition coefficient (Wildman–Crippen LogP) is 3.96. The number of fused-ring (bicyclic) bond motifs is 2. The number of hydrogen-bond donors (Lipinski definition) is 1. The van der Waals surface area contributed by atoms with Crippen LogP contribution in [0.5, 0.6) is 5.75 Å². The highest BCUT2D eigenvalue weighted by atomic mass is 16.5. The quantitative estimate of drug-likeness (QED) is 0.824. The van der Waals surface area contributed by atoms with E-state index in [0.29, 0.717) is 6.04 Å². The molecule has 2 saturated carbocycles.